The standard InChI is InChI=1S/C14H18BrF2NO/c1-2-18-9-5-7-14(19,8-6-9)12-11(16)4-3-10(15)13(12)17/h3-4,9,18-19H,2,5-8H2,1H3. The third kappa shape index (κ3) is 2.98. The normalized spacial score (nSPS) is 27.5. The van der Waals surface area contributed by atoms with E-state index in [0.717, 1.165) is 19.4 Å². The molecule has 1 aromatic carbocycles. The highest BCUT2D eigenvalue weighted by Crippen LogP contribution is 2.40. The van der Waals surface area contributed by atoms with Gasteiger partial charge < -0.3 is 10.4 Å². The summed E-state index contributed by atoms with van der Waals surface area (Å²) in [6, 6.07) is 2.84. The zero-order chi connectivity index (χ0) is 14.0. The molecule has 0 aliphatic heterocycles. The average Bonchev–Trinajstić information content (AvgIpc) is 2.38. The Morgan fingerprint density at radius 1 is 1.37 bits per heavy atom. The number of rotatable bonds is 3. The van der Waals surface area contributed by atoms with Crippen molar-refractivity contribution in [2.75, 3.05) is 6.54 Å². The summed E-state index contributed by atoms with van der Waals surface area (Å²) in [7, 11) is 0. The summed E-state index contributed by atoms with van der Waals surface area (Å²) in [6.07, 6.45) is 2.18. The minimum atomic E-state index is -1.40. The molecule has 5 heteroatoms. The molecule has 106 valence electrons. The number of hydrogen-bond acceptors (Lipinski definition) is 2. The van der Waals surface area contributed by atoms with E-state index < -0.39 is 17.2 Å². The molecule has 0 spiro atoms. The van der Waals surface area contributed by atoms with Crippen LogP contribution >= 0.6 is 15.9 Å². The molecule has 0 unspecified atom stereocenters. The second-order valence-electron chi connectivity index (χ2n) is 5.08. The summed E-state index contributed by atoms with van der Waals surface area (Å²) in [5.41, 5.74) is -1.60. The van der Waals surface area contributed by atoms with Crippen molar-refractivity contribution in [1.29, 1.82) is 0 Å². The van der Waals surface area contributed by atoms with Gasteiger partial charge in [0.2, 0.25) is 0 Å². The van der Waals surface area contributed by atoms with E-state index in [9.17, 15) is 13.9 Å². The van der Waals surface area contributed by atoms with Crippen molar-refractivity contribution in [2.45, 2.75) is 44.2 Å². The van der Waals surface area contributed by atoms with Gasteiger partial charge >= 0.3 is 0 Å². The molecule has 2 rings (SSSR count). The Labute approximate surface area is 120 Å². The highest BCUT2D eigenvalue weighted by Gasteiger charge is 2.39. The predicted molar refractivity (Wildman–Crippen MR) is 73.9 cm³/mol. The fourth-order valence-electron chi connectivity index (χ4n) is 2.79. The van der Waals surface area contributed by atoms with E-state index in [0.29, 0.717) is 18.9 Å². The Balaban J connectivity index is 2.25. The van der Waals surface area contributed by atoms with Gasteiger partial charge in [-0.1, -0.05) is 6.92 Å². The Kier molecular flexibility index (Phi) is 4.58. The first-order valence-electron chi connectivity index (χ1n) is 6.57. The molecule has 0 saturated heterocycles. The largest absolute Gasteiger partial charge is 0.385 e. The molecule has 0 heterocycles. The van der Waals surface area contributed by atoms with Crippen LogP contribution in [0.15, 0.2) is 16.6 Å². The number of benzene rings is 1. The van der Waals surface area contributed by atoms with E-state index in [1.807, 2.05) is 6.92 Å². The van der Waals surface area contributed by atoms with Gasteiger partial charge in [-0.15, -0.1) is 0 Å². The number of halogens is 3. The highest BCUT2D eigenvalue weighted by molar-refractivity contribution is 9.10. The molecular weight excluding hydrogens is 316 g/mol. The van der Waals surface area contributed by atoms with Gasteiger partial charge in [0.05, 0.1) is 15.6 Å². The molecule has 19 heavy (non-hydrogen) atoms. The summed E-state index contributed by atoms with van der Waals surface area (Å²) in [5.74, 6) is -1.37. The lowest BCUT2D eigenvalue weighted by atomic mass is 9.77. The third-order valence-electron chi connectivity index (χ3n) is 3.81. The van der Waals surface area contributed by atoms with Crippen LogP contribution in [0.25, 0.3) is 0 Å². The van der Waals surface area contributed by atoms with E-state index in [-0.39, 0.29) is 10.0 Å². The molecule has 1 aromatic rings. The van der Waals surface area contributed by atoms with Crippen LogP contribution in [0.1, 0.15) is 38.2 Å². The maximum Gasteiger partial charge on any atom is 0.146 e. The van der Waals surface area contributed by atoms with Gasteiger partial charge in [0, 0.05) is 6.04 Å². The second-order valence-corrected chi connectivity index (χ2v) is 5.94. The van der Waals surface area contributed by atoms with E-state index >= 15 is 0 Å². The van der Waals surface area contributed by atoms with Crippen LogP contribution in [0.2, 0.25) is 0 Å². The number of aliphatic hydroxyl groups is 1. The molecule has 1 saturated carbocycles. The van der Waals surface area contributed by atoms with Crippen molar-refractivity contribution in [3.8, 4) is 0 Å². The molecule has 0 amide bonds. The van der Waals surface area contributed by atoms with Crippen molar-refractivity contribution >= 4 is 15.9 Å². The lowest BCUT2D eigenvalue weighted by Crippen LogP contribution is -2.40. The minimum absolute atomic E-state index is 0.186. The quantitative estimate of drug-likeness (QED) is 0.830. The van der Waals surface area contributed by atoms with Crippen molar-refractivity contribution in [1.82, 2.24) is 5.32 Å². The summed E-state index contributed by atoms with van der Waals surface area (Å²) in [6.45, 7) is 2.89. The van der Waals surface area contributed by atoms with Crippen molar-refractivity contribution in [2.24, 2.45) is 0 Å². The molecule has 0 aromatic heterocycles. The number of hydrogen-bond donors (Lipinski definition) is 2. The van der Waals surface area contributed by atoms with Crippen LogP contribution in [0.3, 0.4) is 0 Å². The maximum absolute atomic E-state index is 14.1. The zero-order valence-corrected chi connectivity index (χ0v) is 12.4. The highest BCUT2D eigenvalue weighted by atomic mass is 79.9. The lowest BCUT2D eigenvalue weighted by Gasteiger charge is -2.37. The first kappa shape index (κ1) is 14.9. The molecule has 1 aliphatic carbocycles. The van der Waals surface area contributed by atoms with Gasteiger partial charge in [0.25, 0.3) is 0 Å². The molecule has 2 N–H and O–H groups in total. The van der Waals surface area contributed by atoms with Gasteiger partial charge in [0.15, 0.2) is 0 Å². The summed E-state index contributed by atoms with van der Waals surface area (Å²) >= 11 is 3.04. The summed E-state index contributed by atoms with van der Waals surface area (Å²) in [5, 5.41) is 13.9. The predicted octanol–water partition coefficient (Wildman–Crippen LogP) is 3.47. The maximum atomic E-state index is 14.1. The van der Waals surface area contributed by atoms with Gasteiger partial charge in [-0.2, -0.15) is 0 Å². The van der Waals surface area contributed by atoms with Crippen LogP contribution in [0.4, 0.5) is 8.78 Å². The van der Waals surface area contributed by atoms with Crippen molar-refractivity contribution < 1.29 is 13.9 Å². The van der Waals surface area contributed by atoms with Crippen molar-refractivity contribution in [3.05, 3.63) is 33.8 Å². The second kappa shape index (κ2) is 5.85. The monoisotopic (exact) mass is 333 g/mol. The summed E-state index contributed by atoms with van der Waals surface area (Å²) in [4.78, 5) is 0. The molecule has 2 nitrogen and oxygen atoms in total. The Hall–Kier alpha value is -0.520. The molecule has 0 bridgehead atoms. The SMILES string of the molecule is CCNC1CCC(O)(c2c(F)ccc(Br)c2F)CC1. The van der Waals surface area contributed by atoms with E-state index in [4.69, 9.17) is 0 Å². The van der Waals surface area contributed by atoms with Crippen LogP contribution in [0, 0.1) is 11.6 Å². The molecular formula is C14H18BrF2NO. The van der Waals surface area contributed by atoms with Gasteiger partial charge in [-0.05, 0) is 60.3 Å². The smallest absolute Gasteiger partial charge is 0.146 e. The van der Waals surface area contributed by atoms with Crippen LogP contribution in [0.5, 0.6) is 0 Å². The fraction of sp³-hybridized carbons (Fsp3) is 0.571. The molecule has 1 fully saturated rings. The lowest BCUT2D eigenvalue weighted by molar-refractivity contribution is -0.0143. The summed E-state index contributed by atoms with van der Waals surface area (Å²) < 4.78 is 28.1. The van der Waals surface area contributed by atoms with Gasteiger partial charge in [-0.25, -0.2) is 8.78 Å². The Morgan fingerprint density at radius 3 is 2.58 bits per heavy atom. The molecule has 0 atom stereocenters. The van der Waals surface area contributed by atoms with Crippen LogP contribution in [-0.4, -0.2) is 17.7 Å². The zero-order valence-electron chi connectivity index (χ0n) is 10.8. The van der Waals surface area contributed by atoms with E-state index in [1.54, 1.807) is 0 Å². The molecule has 1 aliphatic rings. The average molecular weight is 334 g/mol. The Morgan fingerprint density at radius 2 is 2.00 bits per heavy atom. The van der Waals surface area contributed by atoms with Crippen LogP contribution in [-0.2, 0) is 5.60 Å². The minimum Gasteiger partial charge on any atom is -0.385 e. The molecule has 0 radical (unpaired) electrons. The van der Waals surface area contributed by atoms with Crippen molar-refractivity contribution in [3.63, 3.8) is 0 Å². The first-order chi connectivity index (χ1) is 8.98. The van der Waals surface area contributed by atoms with Gasteiger partial charge in [0.1, 0.15) is 11.6 Å². The van der Waals surface area contributed by atoms with Gasteiger partial charge in [-0.3, -0.25) is 0 Å². The van der Waals surface area contributed by atoms with Crippen LogP contribution < -0.4 is 5.32 Å². The van der Waals surface area contributed by atoms with E-state index in [1.165, 1.54) is 12.1 Å². The third-order valence-corrected chi connectivity index (χ3v) is 4.43. The number of nitrogens with one attached hydrogen (secondary N) is 1. The van der Waals surface area contributed by atoms with E-state index in [2.05, 4.69) is 21.2 Å². The topological polar surface area (TPSA) is 32.3 Å². The first-order valence-corrected chi connectivity index (χ1v) is 7.37. The fourth-order valence-corrected chi connectivity index (χ4v) is 3.12. The Bertz CT molecular complexity index is 459.